The molecule has 0 heterocycles. The molecule has 90 valence electrons. The molecule has 4 heteroatoms. The van der Waals surface area contributed by atoms with Crippen molar-refractivity contribution in [2.45, 2.75) is 6.92 Å². The molecule has 0 aliphatic heterocycles. The first-order valence-corrected chi connectivity index (χ1v) is 5.22. The van der Waals surface area contributed by atoms with E-state index >= 15 is 0 Å². The van der Waals surface area contributed by atoms with E-state index in [9.17, 15) is 5.11 Å². The Kier molecular flexibility index (Phi) is 5.67. The van der Waals surface area contributed by atoms with Crippen molar-refractivity contribution in [1.82, 2.24) is 0 Å². The lowest BCUT2D eigenvalue weighted by atomic mass is 10.2. The second kappa shape index (κ2) is 7.09. The second-order valence-electron chi connectivity index (χ2n) is 3.46. The van der Waals surface area contributed by atoms with Crippen molar-refractivity contribution in [2.24, 2.45) is 0 Å². The van der Waals surface area contributed by atoms with E-state index in [1.807, 2.05) is 13.0 Å². The maximum Gasteiger partial charge on any atom is 0.123 e. The summed E-state index contributed by atoms with van der Waals surface area (Å²) in [7, 11) is 1.63. The average molecular weight is 226 g/mol. The van der Waals surface area contributed by atoms with E-state index in [1.54, 1.807) is 19.2 Å². The third-order valence-electron chi connectivity index (χ3n) is 1.96. The van der Waals surface area contributed by atoms with Crippen LogP contribution in [0, 0.1) is 6.92 Å². The minimum absolute atomic E-state index is 0.218. The number of phenols is 1. The maximum absolute atomic E-state index is 9.34. The van der Waals surface area contributed by atoms with Crippen LogP contribution >= 0.6 is 0 Å². The summed E-state index contributed by atoms with van der Waals surface area (Å²) in [6.45, 7) is 4.04. The highest BCUT2D eigenvalue weighted by molar-refractivity contribution is 5.36. The van der Waals surface area contributed by atoms with E-state index < -0.39 is 0 Å². The average Bonchev–Trinajstić information content (AvgIpc) is 2.22. The number of aromatic hydroxyl groups is 1. The van der Waals surface area contributed by atoms with Gasteiger partial charge in [-0.2, -0.15) is 0 Å². The smallest absolute Gasteiger partial charge is 0.123 e. The van der Waals surface area contributed by atoms with Crippen molar-refractivity contribution in [3.05, 3.63) is 23.8 Å². The summed E-state index contributed by atoms with van der Waals surface area (Å²) < 4.78 is 15.5. The molecule has 0 aliphatic carbocycles. The van der Waals surface area contributed by atoms with Crippen LogP contribution in [0.15, 0.2) is 18.2 Å². The quantitative estimate of drug-likeness (QED) is 0.719. The van der Waals surface area contributed by atoms with Crippen LogP contribution < -0.4 is 4.74 Å². The minimum atomic E-state index is 0.218. The molecule has 1 aromatic rings. The largest absolute Gasteiger partial charge is 0.508 e. The van der Waals surface area contributed by atoms with E-state index in [1.165, 1.54) is 0 Å². The van der Waals surface area contributed by atoms with E-state index in [-0.39, 0.29) is 5.75 Å². The summed E-state index contributed by atoms with van der Waals surface area (Å²) in [5, 5.41) is 9.34. The van der Waals surface area contributed by atoms with Gasteiger partial charge in [-0.1, -0.05) is 0 Å². The number of aryl methyl sites for hydroxylation is 1. The van der Waals surface area contributed by atoms with Gasteiger partial charge in [0.05, 0.1) is 19.8 Å². The van der Waals surface area contributed by atoms with Gasteiger partial charge in [0.1, 0.15) is 18.1 Å². The number of methoxy groups -OCH3 is 1. The van der Waals surface area contributed by atoms with Crippen molar-refractivity contribution in [3.63, 3.8) is 0 Å². The molecule has 0 radical (unpaired) electrons. The molecule has 1 aromatic carbocycles. The van der Waals surface area contributed by atoms with Gasteiger partial charge in [-0.15, -0.1) is 0 Å². The first-order chi connectivity index (χ1) is 7.72. The minimum Gasteiger partial charge on any atom is -0.508 e. The molecule has 4 nitrogen and oxygen atoms in total. The van der Waals surface area contributed by atoms with Gasteiger partial charge < -0.3 is 19.3 Å². The fraction of sp³-hybridized carbons (Fsp3) is 0.500. The Hall–Kier alpha value is -1.26. The van der Waals surface area contributed by atoms with E-state index in [4.69, 9.17) is 14.2 Å². The second-order valence-corrected chi connectivity index (χ2v) is 3.46. The zero-order valence-corrected chi connectivity index (χ0v) is 9.73. The van der Waals surface area contributed by atoms with E-state index in [0.717, 1.165) is 5.56 Å². The molecule has 0 unspecified atom stereocenters. The highest BCUT2D eigenvalue weighted by Gasteiger charge is 1.98. The van der Waals surface area contributed by atoms with E-state index in [2.05, 4.69) is 0 Å². The van der Waals surface area contributed by atoms with Gasteiger partial charge in [-0.3, -0.25) is 0 Å². The van der Waals surface area contributed by atoms with Crippen LogP contribution in [0.2, 0.25) is 0 Å². The summed E-state index contributed by atoms with van der Waals surface area (Å²) >= 11 is 0. The van der Waals surface area contributed by atoms with Crippen molar-refractivity contribution < 1.29 is 19.3 Å². The van der Waals surface area contributed by atoms with Crippen molar-refractivity contribution in [2.75, 3.05) is 33.5 Å². The first-order valence-electron chi connectivity index (χ1n) is 5.22. The lowest BCUT2D eigenvalue weighted by molar-refractivity contribution is 0.0544. The van der Waals surface area contributed by atoms with E-state index in [0.29, 0.717) is 32.2 Å². The summed E-state index contributed by atoms with van der Waals surface area (Å²) in [4.78, 5) is 0. The highest BCUT2D eigenvalue weighted by Crippen LogP contribution is 2.20. The van der Waals surface area contributed by atoms with Gasteiger partial charge in [0.15, 0.2) is 0 Å². The number of hydrogen-bond donors (Lipinski definition) is 1. The molecule has 16 heavy (non-hydrogen) atoms. The molecular formula is C12H18O4. The Bertz CT molecular complexity index is 292. The third kappa shape index (κ3) is 5.00. The standard InChI is InChI=1S/C12H18O4/c1-10-7-11(13)9-12(8-10)16-6-5-15-4-3-14-2/h7-9,13H,3-6H2,1-2H3. The molecular weight excluding hydrogens is 208 g/mol. The molecule has 0 bridgehead atoms. The monoisotopic (exact) mass is 226 g/mol. The molecule has 0 aromatic heterocycles. The molecule has 1 N–H and O–H groups in total. The third-order valence-corrected chi connectivity index (χ3v) is 1.96. The molecule has 1 rings (SSSR count). The Morgan fingerprint density at radius 2 is 1.81 bits per heavy atom. The van der Waals surface area contributed by atoms with Gasteiger partial charge in [-0.25, -0.2) is 0 Å². The number of phenolic OH excluding ortho intramolecular Hbond substituents is 1. The van der Waals surface area contributed by atoms with Crippen LogP contribution in [0.1, 0.15) is 5.56 Å². The first kappa shape index (κ1) is 12.8. The van der Waals surface area contributed by atoms with Gasteiger partial charge in [0.2, 0.25) is 0 Å². The van der Waals surface area contributed by atoms with Crippen LogP contribution in [0.5, 0.6) is 11.5 Å². The normalized spacial score (nSPS) is 10.4. The van der Waals surface area contributed by atoms with Crippen molar-refractivity contribution >= 4 is 0 Å². The zero-order chi connectivity index (χ0) is 11.8. The van der Waals surface area contributed by atoms with Crippen LogP contribution in [0.25, 0.3) is 0 Å². The summed E-state index contributed by atoms with van der Waals surface area (Å²) in [5.74, 6) is 0.878. The molecule has 0 saturated heterocycles. The topological polar surface area (TPSA) is 47.9 Å². The fourth-order valence-corrected chi connectivity index (χ4v) is 1.27. The Balaban J connectivity index is 2.21. The lowest BCUT2D eigenvalue weighted by Crippen LogP contribution is -2.09. The molecule has 0 spiro atoms. The summed E-state index contributed by atoms with van der Waals surface area (Å²) in [5.41, 5.74) is 0.968. The highest BCUT2D eigenvalue weighted by atomic mass is 16.5. The molecule has 0 amide bonds. The Morgan fingerprint density at radius 1 is 1.06 bits per heavy atom. The molecule has 0 saturated carbocycles. The van der Waals surface area contributed by atoms with Crippen LogP contribution in [0.3, 0.4) is 0 Å². The summed E-state index contributed by atoms with van der Waals surface area (Å²) in [6.07, 6.45) is 0. The van der Waals surface area contributed by atoms with Gasteiger partial charge >= 0.3 is 0 Å². The number of benzene rings is 1. The van der Waals surface area contributed by atoms with Crippen LogP contribution in [-0.4, -0.2) is 38.6 Å². The molecule has 0 atom stereocenters. The fourth-order valence-electron chi connectivity index (χ4n) is 1.27. The Labute approximate surface area is 95.8 Å². The van der Waals surface area contributed by atoms with Gasteiger partial charge in [0, 0.05) is 13.2 Å². The lowest BCUT2D eigenvalue weighted by Gasteiger charge is -2.08. The van der Waals surface area contributed by atoms with Crippen molar-refractivity contribution in [3.8, 4) is 11.5 Å². The Morgan fingerprint density at radius 3 is 2.50 bits per heavy atom. The number of rotatable bonds is 7. The number of ether oxygens (including phenoxy) is 3. The van der Waals surface area contributed by atoms with Crippen LogP contribution in [-0.2, 0) is 9.47 Å². The van der Waals surface area contributed by atoms with Crippen molar-refractivity contribution in [1.29, 1.82) is 0 Å². The summed E-state index contributed by atoms with van der Waals surface area (Å²) in [6, 6.07) is 5.14. The maximum atomic E-state index is 9.34. The van der Waals surface area contributed by atoms with Gasteiger partial charge in [-0.05, 0) is 24.6 Å². The molecule has 0 fully saturated rings. The molecule has 0 aliphatic rings. The predicted octanol–water partition coefficient (Wildman–Crippen LogP) is 1.74. The van der Waals surface area contributed by atoms with Crippen LogP contribution in [0.4, 0.5) is 0 Å². The predicted molar refractivity (Wildman–Crippen MR) is 61.0 cm³/mol. The zero-order valence-electron chi connectivity index (χ0n) is 9.73. The van der Waals surface area contributed by atoms with Gasteiger partial charge in [0.25, 0.3) is 0 Å². The number of hydrogen-bond acceptors (Lipinski definition) is 4. The SMILES string of the molecule is COCCOCCOc1cc(C)cc(O)c1.